The molecule has 0 aliphatic carbocycles. The molecule has 140 valence electrons. The van der Waals surface area contributed by atoms with Gasteiger partial charge >= 0.3 is 6.18 Å². The third-order valence-corrected chi connectivity index (χ3v) is 4.21. The van der Waals surface area contributed by atoms with Gasteiger partial charge in [0, 0.05) is 12.6 Å². The minimum Gasteiger partial charge on any atom is -0.347 e. The van der Waals surface area contributed by atoms with Crippen molar-refractivity contribution in [2.24, 2.45) is 0 Å². The fourth-order valence-electron chi connectivity index (χ4n) is 2.47. The number of aryl methyl sites for hydroxylation is 1. The molecule has 0 radical (unpaired) electrons. The highest BCUT2D eigenvalue weighted by molar-refractivity contribution is 6.32. The Morgan fingerprint density at radius 3 is 2.44 bits per heavy atom. The first kappa shape index (κ1) is 19.0. The first-order valence-electron chi connectivity index (χ1n) is 8.01. The van der Waals surface area contributed by atoms with Gasteiger partial charge in [0.1, 0.15) is 5.69 Å². The van der Waals surface area contributed by atoms with Gasteiger partial charge in [-0.05, 0) is 24.6 Å². The van der Waals surface area contributed by atoms with Crippen molar-refractivity contribution in [3.8, 4) is 5.69 Å². The summed E-state index contributed by atoms with van der Waals surface area (Å²) in [6.45, 7) is 2.11. The van der Waals surface area contributed by atoms with Crippen LogP contribution in [0, 0.1) is 6.92 Å². The zero-order chi connectivity index (χ0) is 19.6. The lowest BCUT2D eigenvalue weighted by Gasteiger charge is -2.10. The molecule has 0 spiro atoms. The van der Waals surface area contributed by atoms with Gasteiger partial charge in [-0.15, -0.1) is 0 Å². The maximum absolute atomic E-state index is 13.1. The highest BCUT2D eigenvalue weighted by atomic mass is 35.5. The summed E-state index contributed by atoms with van der Waals surface area (Å²) in [5, 5.41) is 6.35. The number of carbonyl (C=O) groups excluding carboxylic acids is 1. The number of aromatic nitrogens is 2. The lowest BCUT2D eigenvalue weighted by atomic mass is 10.1. The number of benzene rings is 2. The monoisotopic (exact) mass is 393 g/mol. The third-order valence-electron chi connectivity index (χ3n) is 3.89. The minimum atomic E-state index is -4.68. The minimum absolute atomic E-state index is 0.175. The van der Waals surface area contributed by atoms with E-state index >= 15 is 0 Å². The topological polar surface area (TPSA) is 46.9 Å². The molecule has 1 heterocycles. The normalized spacial score (nSPS) is 11.4. The number of halogens is 4. The highest BCUT2D eigenvalue weighted by Crippen LogP contribution is 2.30. The van der Waals surface area contributed by atoms with E-state index in [9.17, 15) is 18.0 Å². The number of nitrogens with one attached hydrogen (secondary N) is 1. The molecule has 0 fully saturated rings. The summed E-state index contributed by atoms with van der Waals surface area (Å²) < 4.78 is 40.2. The maximum Gasteiger partial charge on any atom is 0.435 e. The van der Waals surface area contributed by atoms with Crippen LogP contribution in [0.3, 0.4) is 0 Å². The van der Waals surface area contributed by atoms with Crippen LogP contribution < -0.4 is 5.32 Å². The predicted molar refractivity (Wildman–Crippen MR) is 95.9 cm³/mol. The number of hydrogen-bond donors (Lipinski definition) is 1. The second-order valence-electron chi connectivity index (χ2n) is 5.94. The molecule has 1 aromatic heterocycles. The second kappa shape index (κ2) is 7.44. The Balaban J connectivity index is 1.93. The van der Waals surface area contributed by atoms with Crippen LogP contribution in [0.5, 0.6) is 0 Å². The van der Waals surface area contributed by atoms with E-state index in [0.29, 0.717) is 6.07 Å². The SMILES string of the molecule is Cc1ccc(CNC(=O)c2cc(C(F)(F)F)nn2-c2ccccc2Cl)cc1. The van der Waals surface area contributed by atoms with Crippen LogP contribution in [0.2, 0.25) is 5.02 Å². The van der Waals surface area contributed by atoms with Crippen LogP contribution in [0.1, 0.15) is 27.3 Å². The zero-order valence-electron chi connectivity index (χ0n) is 14.2. The maximum atomic E-state index is 13.1. The predicted octanol–water partition coefficient (Wildman–Crippen LogP) is 4.78. The molecule has 0 bridgehead atoms. The smallest absolute Gasteiger partial charge is 0.347 e. The van der Waals surface area contributed by atoms with E-state index in [1.165, 1.54) is 12.1 Å². The van der Waals surface area contributed by atoms with Crippen molar-refractivity contribution in [2.45, 2.75) is 19.6 Å². The molecule has 27 heavy (non-hydrogen) atoms. The quantitative estimate of drug-likeness (QED) is 0.693. The molecule has 0 aliphatic heterocycles. The van der Waals surface area contributed by atoms with Gasteiger partial charge in [-0.25, -0.2) is 4.68 Å². The van der Waals surface area contributed by atoms with Crippen LogP contribution in [0.25, 0.3) is 5.69 Å². The van der Waals surface area contributed by atoms with Crippen molar-refractivity contribution in [1.82, 2.24) is 15.1 Å². The summed E-state index contributed by atoms with van der Waals surface area (Å²) in [5.41, 5.74) is 0.672. The number of rotatable bonds is 4. The van der Waals surface area contributed by atoms with E-state index in [1.807, 2.05) is 31.2 Å². The Bertz CT molecular complexity index is 965. The van der Waals surface area contributed by atoms with Crippen molar-refractivity contribution < 1.29 is 18.0 Å². The second-order valence-corrected chi connectivity index (χ2v) is 6.35. The Kier molecular flexibility index (Phi) is 5.23. The van der Waals surface area contributed by atoms with Gasteiger partial charge in [-0.1, -0.05) is 53.6 Å². The number of para-hydroxylation sites is 1. The fraction of sp³-hybridized carbons (Fsp3) is 0.158. The number of amides is 1. The van der Waals surface area contributed by atoms with Crippen molar-refractivity contribution >= 4 is 17.5 Å². The van der Waals surface area contributed by atoms with E-state index in [0.717, 1.165) is 15.8 Å². The highest BCUT2D eigenvalue weighted by Gasteiger charge is 2.36. The first-order chi connectivity index (χ1) is 12.8. The van der Waals surface area contributed by atoms with E-state index in [1.54, 1.807) is 12.1 Å². The van der Waals surface area contributed by atoms with Crippen molar-refractivity contribution in [3.05, 3.63) is 82.1 Å². The van der Waals surface area contributed by atoms with Crippen molar-refractivity contribution in [2.75, 3.05) is 0 Å². The van der Waals surface area contributed by atoms with Crippen molar-refractivity contribution in [1.29, 1.82) is 0 Å². The number of nitrogens with zero attached hydrogens (tertiary/aromatic N) is 2. The van der Waals surface area contributed by atoms with Gasteiger partial charge in [-0.2, -0.15) is 18.3 Å². The zero-order valence-corrected chi connectivity index (χ0v) is 15.0. The van der Waals surface area contributed by atoms with Gasteiger partial charge in [0.15, 0.2) is 5.69 Å². The van der Waals surface area contributed by atoms with E-state index in [4.69, 9.17) is 11.6 Å². The molecule has 4 nitrogen and oxygen atoms in total. The average Bonchev–Trinajstić information content (AvgIpc) is 3.07. The van der Waals surface area contributed by atoms with Crippen molar-refractivity contribution in [3.63, 3.8) is 0 Å². The third kappa shape index (κ3) is 4.31. The molecular formula is C19H15ClF3N3O. The molecule has 0 saturated heterocycles. The Morgan fingerprint density at radius 2 is 1.81 bits per heavy atom. The summed E-state index contributed by atoms with van der Waals surface area (Å²) in [4.78, 5) is 12.5. The summed E-state index contributed by atoms with van der Waals surface area (Å²) in [6, 6.07) is 14.4. The molecule has 0 saturated carbocycles. The molecule has 1 N–H and O–H groups in total. The van der Waals surface area contributed by atoms with Gasteiger partial charge < -0.3 is 5.32 Å². The molecule has 3 aromatic rings. The van der Waals surface area contributed by atoms with Crippen LogP contribution in [0.4, 0.5) is 13.2 Å². The fourth-order valence-corrected chi connectivity index (χ4v) is 2.68. The van der Waals surface area contributed by atoms with Gasteiger partial charge in [0.25, 0.3) is 5.91 Å². The Morgan fingerprint density at radius 1 is 1.15 bits per heavy atom. The van der Waals surface area contributed by atoms with Gasteiger partial charge in [-0.3, -0.25) is 4.79 Å². The summed E-state index contributed by atoms with van der Waals surface area (Å²) >= 11 is 6.07. The number of hydrogen-bond acceptors (Lipinski definition) is 2. The molecular weight excluding hydrogens is 379 g/mol. The molecule has 2 aromatic carbocycles. The van der Waals surface area contributed by atoms with Gasteiger partial charge in [0.05, 0.1) is 10.7 Å². The van der Waals surface area contributed by atoms with Crippen LogP contribution in [0.15, 0.2) is 54.6 Å². The lowest BCUT2D eigenvalue weighted by molar-refractivity contribution is -0.141. The average molecular weight is 394 g/mol. The molecule has 0 aliphatic rings. The van der Waals surface area contributed by atoms with Crippen LogP contribution in [-0.2, 0) is 12.7 Å². The summed E-state index contributed by atoms with van der Waals surface area (Å²) in [6.07, 6.45) is -4.68. The molecule has 3 rings (SSSR count). The van der Waals surface area contributed by atoms with Crippen LogP contribution in [-0.4, -0.2) is 15.7 Å². The summed E-state index contributed by atoms with van der Waals surface area (Å²) in [5.74, 6) is -0.682. The summed E-state index contributed by atoms with van der Waals surface area (Å²) in [7, 11) is 0. The Labute approximate surface area is 158 Å². The van der Waals surface area contributed by atoms with E-state index in [2.05, 4.69) is 10.4 Å². The first-order valence-corrected chi connectivity index (χ1v) is 8.39. The molecule has 0 atom stereocenters. The standard InChI is InChI=1S/C19H15ClF3N3O/c1-12-6-8-13(9-7-12)11-24-18(27)16-10-17(19(21,22)23)25-26(16)15-5-3-2-4-14(15)20/h2-10H,11H2,1H3,(H,24,27). The van der Waals surface area contributed by atoms with E-state index < -0.39 is 17.8 Å². The number of carbonyl (C=O) groups is 1. The molecule has 0 unspecified atom stereocenters. The van der Waals surface area contributed by atoms with Gasteiger partial charge in [0.2, 0.25) is 0 Å². The Hall–Kier alpha value is -2.80. The van der Waals surface area contributed by atoms with Crippen LogP contribution >= 0.6 is 11.6 Å². The molecule has 1 amide bonds. The largest absolute Gasteiger partial charge is 0.435 e. The van der Waals surface area contributed by atoms with E-state index in [-0.39, 0.29) is 22.9 Å². The lowest BCUT2D eigenvalue weighted by Crippen LogP contribution is -2.25. The molecule has 8 heteroatoms. The number of alkyl halides is 3.